The lowest BCUT2D eigenvalue weighted by atomic mass is 9.81. The van der Waals surface area contributed by atoms with Crippen molar-refractivity contribution in [3.63, 3.8) is 0 Å². The highest BCUT2D eigenvalue weighted by molar-refractivity contribution is 6.01. The van der Waals surface area contributed by atoms with Crippen LogP contribution >= 0.6 is 0 Å². The Morgan fingerprint density at radius 1 is 1.50 bits per heavy atom. The molecule has 1 heterocycles. The molecule has 3 heteroatoms. The summed E-state index contributed by atoms with van der Waals surface area (Å²) in [4.78, 5) is 12.3. The predicted octanol–water partition coefficient (Wildman–Crippen LogP) is 2.32. The molecule has 1 N–H and O–H groups in total. The molecule has 1 aliphatic rings. The fraction of sp³-hybridized carbons (Fsp3) is 0.462. The van der Waals surface area contributed by atoms with Gasteiger partial charge in [0.15, 0.2) is 5.78 Å². The molecule has 1 aromatic rings. The smallest absolute Gasteiger partial charge is 0.172 e. The van der Waals surface area contributed by atoms with Crippen molar-refractivity contribution in [2.45, 2.75) is 20.3 Å². The van der Waals surface area contributed by atoms with Gasteiger partial charge in [0.1, 0.15) is 5.82 Å². The summed E-state index contributed by atoms with van der Waals surface area (Å²) in [7, 11) is 0. The highest BCUT2D eigenvalue weighted by Gasteiger charge is 2.37. The lowest BCUT2D eigenvalue weighted by Gasteiger charge is -2.21. The minimum absolute atomic E-state index is 0.0845. The number of hydrogen-bond donors (Lipinski definition) is 1. The number of halogens is 1. The van der Waals surface area contributed by atoms with Gasteiger partial charge in [-0.25, -0.2) is 4.39 Å². The Morgan fingerprint density at radius 2 is 2.25 bits per heavy atom. The molecule has 0 aliphatic carbocycles. The van der Waals surface area contributed by atoms with E-state index in [0.717, 1.165) is 18.5 Å². The zero-order chi connectivity index (χ0) is 11.8. The maximum atomic E-state index is 13.6. The molecule has 0 bridgehead atoms. The van der Waals surface area contributed by atoms with E-state index >= 15 is 0 Å². The SMILES string of the molecule is Cc1ccc(F)c(C(=O)C2(C)CCNC2)c1. The zero-order valence-electron chi connectivity index (χ0n) is 9.64. The van der Waals surface area contributed by atoms with E-state index in [4.69, 9.17) is 0 Å². The number of benzene rings is 1. The van der Waals surface area contributed by atoms with Crippen LogP contribution in [0.1, 0.15) is 29.3 Å². The normalized spacial score (nSPS) is 24.7. The van der Waals surface area contributed by atoms with Crippen LogP contribution in [0.3, 0.4) is 0 Å². The number of hydrogen-bond acceptors (Lipinski definition) is 2. The van der Waals surface area contributed by atoms with Crippen molar-refractivity contribution in [3.8, 4) is 0 Å². The van der Waals surface area contributed by atoms with Crippen LogP contribution in [-0.4, -0.2) is 18.9 Å². The summed E-state index contributed by atoms with van der Waals surface area (Å²) >= 11 is 0. The van der Waals surface area contributed by atoms with Crippen LogP contribution in [0.25, 0.3) is 0 Å². The second-order valence-electron chi connectivity index (χ2n) is 4.80. The van der Waals surface area contributed by atoms with Crippen molar-refractivity contribution in [2.24, 2.45) is 5.41 Å². The molecular formula is C13H16FNO. The van der Waals surface area contributed by atoms with Gasteiger partial charge in [0.2, 0.25) is 0 Å². The molecule has 0 aromatic heterocycles. The van der Waals surface area contributed by atoms with Gasteiger partial charge in [-0.2, -0.15) is 0 Å². The summed E-state index contributed by atoms with van der Waals surface area (Å²) < 4.78 is 13.6. The van der Waals surface area contributed by atoms with E-state index < -0.39 is 11.2 Å². The molecule has 0 spiro atoms. The van der Waals surface area contributed by atoms with E-state index in [9.17, 15) is 9.18 Å². The predicted molar refractivity (Wildman–Crippen MR) is 61.1 cm³/mol. The Kier molecular flexibility index (Phi) is 2.80. The van der Waals surface area contributed by atoms with Gasteiger partial charge in [-0.1, -0.05) is 18.6 Å². The number of aryl methyl sites for hydroxylation is 1. The van der Waals surface area contributed by atoms with Gasteiger partial charge in [0.05, 0.1) is 5.56 Å². The Balaban J connectivity index is 2.36. The number of ketones is 1. The molecule has 1 fully saturated rings. The number of Topliss-reactive ketones (excluding diaryl/α,β-unsaturated/α-hetero) is 1. The minimum Gasteiger partial charge on any atom is -0.316 e. The van der Waals surface area contributed by atoms with Crippen LogP contribution in [0.5, 0.6) is 0 Å². The molecule has 0 radical (unpaired) electrons. The van der Waals surface area contributed by atoms with Crippen LogP contribution in [-0.2, 0) is 0 Å². The molecule has 1 aliphatic heterocycles. The van der Waals surface area contributed by atoms with E-state index in [1.165, 1.54) is 6.07 Å². The molecule has 1 saturated heterocycles. The van der Waals surface area contributed by atoms with Crippen LogP contribution in [0.4, 0.5) is 4.39 Å². The molecule has 2 nitrogen and oxygen atoms in total. The van der Waals surface area contributed by atoms with Gasteiger partial charge in [0, 0.05) is 12.0 Å². The number of carbonyl (C=O) groups excluding carboxylic acids is 1. The van der Waals surface area contributed by atoms with E-state index in [1.807, 2.05) is 13.8 Å². The van der Waals surface area contributed by atoms with Crippen molar-refractivity contribution in [2.75, 3.05) is 13.1 Å². The summed E-state index contributed by atoms with van der Waals surface area (Å²) in [5.74, 6) is -0.498. The zero-order valence-corrected chi connectivity index (χ0v) is 9.64. The lowest BCUT2D eigenvalue weighted by molar-refractivity contribution is 0.0835. The summed E-state index contributed by atoms with van der Waals surface area (Å²) in [6.45, 7) is 5.23. The molecule has 16 heavy (non-hydrogen) atoms. The van der Waals surface area contributed by atoms with Crippen molar-refractivity contribution in [3.05, 3.63) is 35.1 Å². The van der Waals surface area contributed by atoms with Gasteiger partial charge in [-0.05, 0) is 32.0 Å². The van der Waals surface area contributed by atoms with E-state index in [2.05, 4.69) is 5.32 Å². The first-order valence-electron chi connectivity index (χ1n) is 5.55. The topological polar surface area (TPSA) is 29.1 Å². The molecule has 1 aromatic carbocycles. The first kappa shape index (κ1) is 11.3. The third-order valence-corrected chi connectivity index (χ3v) is 3.28. The van der Waals surface area contributed by atoms with Crippen molar-refractivity contribution in [1.29, 1.82) is 0 Å². The minimum atomic E-state index is -0.450. The van der Waals surface area contributed by atoms with Gasteiger partial charge >= 0.3 is 0 Å². The van der Waals surface area contributed by atoms with Crippen molar-refractivity contribution in [1.82, 2.24) is 5.32 Å². The maximum absolute atomic E-state index is 13.6. The molecule has 1 unspecified atom stereocenters. The summed E-state index contributed by atoms with van der Waals surface area (Å²) in [5, 5.41) is 3.15. The highest BCUT2D eigenvalue weighted by atomic mass is 19.1. The first-order chi connectivity index (χ1) is 7.53. The number of carbonyl (C=O) groups is 1. The fourth-order valence-electron chi connectivity index (χ4n) is 2.15. The average Bonchev–Trinajstić information content (AvgIpc) is 2.69. The summed E-state index contributed by atoms with van der Waals surface area (Å²) in [6.07, 6.45) is 0.777. The number of nitrogens with one attached hydrogen (secondary N) is 1. The number of rotatable bonds is 2. The maximum Gasteiger partial charge on any atom is 0.172 e. The molecular weight excluding hydrogens is 205 g/mol. The quantitative estimate of drug-likeness (QED) is 0.776. The molecule has 0 amide bonds. The highest BCUT2D eigenvalue weighted by Crippen LogP contribution is 2.30. The molecule has 0 saturated carbocycles. The van der Waals surface area contributed by atoms with Gasteiger partial charge in [-0.15, -0.1) is 0 Å². The monoisotopic (exact) mass is 221 g/mol. The van der Waals surface area contributed by atoms with Crippen molar-refractivity contribution < 1.29 is 9.18 Å². The standard InChI is InChI=1S/C13H16FNO/c1-9-3-4-11(14)10(7-9)12(16)13(2)5-6-15-8-13/h3-4,7,15H,5-6,8H2,1-2H3. The largest absolute Gasteiger partial charge is 0.316 e. The van der Waals surface area contributed by atoms with Gasteiger partial charge in [-0.3, -0.25) is 4.79 Å². The molecule has 2 rings (SSSR count). The van der Waals surface area contributed by atoms with Gasteiger partial charge < -0.3 is 5.32 Å². The lowest BCUT2D eigenvalue weighted by Crippen LogP contribution is -2.30. The fourth-order valence-corrected chi connectivity index (χ4v) is 2.15. The van der Waals surface area contributed by atoms with Crippen molar-refractivity contribution >= 4 is 5.78 Å². The van der Waals surface area contributed by atoms with Gasteiger partial charge in [0.25, 0.3) is 0 Å². The summed E-state index contributed by atoms with van der Waals surface area (Å²) in [5.41, 5.74) is 0.694. The average molecular weight is 221 g/mol. The van der Waals surface area contributed by atoms with Crippen LogP contribution in [0.15, 0.2) is 18.2 Å². The Labute approximate surface area is 94.9 Å². The first-order valence-corrected chi connectivity index (χ1v) is 5.55. The van der Waals surface area contributed by atoms with Crippen LogP contribution in [0.2, 0.25) is 0 Å². The van der Waals surface area contributed by atoms with E-state index in [0.29, 0.717) is 6.54 Å². The third kappa shape index (κ3) is 1.87. The second kappa shape index (κ2) is 3.98. The summed E-state index contributed by atoms with van der Waals surface area (Å²) in [6, 6.07) is 4.69. The second-order valence-corrected chi connectivity index (χ2v) is 4.80. The molecule has 1 atom stereocenters. The van der Waals surface area contributed by atoms with E-state index in [-0.39, 0.29) is 11.3 Å². The van der Waals surface area contributed by atoms with Crippen LogP contribution < -0.4 is 5.32 Å². The Hall–Kier alpha value is -1.22. The third-order valence-electron chi connectivity index (χ3n) is 3.28. The van der Waals surface area contributed by atoms with E-state index in [1.54, 1.807) is 12.1 Å². The van der Waals surface area contributed by atoms with Crippen LogP contribution in [0, 0.1) is 18.2 Å². The Morgan fingerprint density at radius 3 is 2.88 bits per heavy atom. The Bertz CT molecular complexity index is 422. The molecule has 86 valence electrons.